The Hall–Kier alpha value is -4.14. The number of anilines is 2. The zero-order valence-electron chi connectivity index (χ0n) is 18.7. The SMILES string of the molecule is C=CCN(C(=O)c1ccc(OC)c(OC)c1)C1CC(=O)N(c2ccc(NC(C)=O)cc2)C1=O. The molecule has 0 bridgehead atoms. The Labute approximate surface area is 191 Å². The highest BCUT2D eigenvalue weighted by Gasteiger charge is 2.44. The molecule has 1 unspecified atom stereocenters. The van der Waals surface area contributed by atoms with Gasteiger partial charge >= 0.3 is 0 Å². The van der Waals surface area contributed by atoms with Gasteiger partial charge in [0.15, 0.2) is 11.5 Å². The van der Waals surface area contributed by atoms with E-state index in [2.05, 4.69) is 11.9 Å². The summed E-state index contributed by atoms with van der Waals surface area (Å²) in [4.78, 5) is 52.8. The molecular formula is C24H25N3O6. The van der Waals surface area contributed by atoms with E-state index in [1.807, 2.05) is 0 Å². The van der Waals surface area contributed by atoms with Gasteiger partial charge in [0.05, 0.1) is 26.3 Å². The van der Waals surface area contributed by atoms with Gasteiger partial charge in [-0.15, -0.1) is 6.58 Å². The van der Waals surface area contributed by atoms with E-state index < -0.39 is 23.8 Å². The molecule has 1 saturated heterocycles. The minimum Gasteiger partial charge on any atom is -0.493 e. The summed E-state index contributed by atoms with van der Waals surface area (Å²) in [5, 5.41) is 2.63. The maximum atomic E-state index is 13.3. The molecule has 1 heterocycles. The fraction of sp³-hybridized carbons (Fsp3) is 0.250. The molecule has 0 spiro atoms. The van der Waals surface area contributed by atoms with Crippen LogP contribution in [0, 0.1) is 0 Å². The molecule has 0 radical (unpaired) electrons. The lowest BCUT2D eigenvalue weighted by Crippen LogP contribution is -2.45. The summed E-state index contributed by atoms with van der Waals surface area (Å²) in [6.07, 6.45) is 1.35. The zero-order chi connectivity index (χ0) is 24.1. The van der Waals surface area contributed by atoms with Crippen LogP contribution >= 0.6 is 0 Å². The molecule has 1 atom stereocenters. The van der Waals surface area contributed by atoms with Gasteiger partial charge in [-0.2, -0.15) is 0 Å². The fourth-order valence-electron chi connectivity index (χ4n) is 3.65. The van der Waals surface area contributed by atoms with Crippen LogP contribution in [0.1, 0.15) is 23.7 Å². The van der Waals surface area contributed by atoms with Crippen LogP contribution in [-0.4, -0.2) is 55.3 Å². The number of ether oxygens (including phenoxy) is 2. The Bertz CT molecular complexity index is 1100. The van der Waals surface area contributed by atoms with E-state index in [-0.39, 0.29) is 24.4 Å². The van der Waals surface area contributed by atoms with Gasteiger partial charge in [0.2, 0.25) is 11.8 Å². The highest BCUT2D eigenvalue weighted by molar-refractivity contribution is 6.23. The molecule has 2 aromatic rings. The number of rotatable bonds is 8. The molecule has 1 aliphatic heterocycles. The third kappa shape index (κ3) is 4.87. The number of carbonyl (C=O) groups excluding carboxylic acids is 4. The van der Waals surface area contributed by atoms with Gasteiger partial charge in [-0.05, 0) is 42.5 Å². The summed E-state index contributed by atoms with van der Waals surface area (Å²) < 4.78 is 10.5. The molecule has 0 saturated carbocycles. The lowest BCUT2D eigenvalue weighted by molar-refractivity contribution is -0.122. The maximum absolute atomic E-state index is 13.3. The lowest BCUT2D eigenvalue weighted by Gasteiger charge is -2.27. The van der Waals surface area contributed by atoms with Crippen molar-refractivity contribution in [1.29, 1.82) is 0 Å². The van der Waals surface area contributed by atoms with Crippen LogP contribution in [-0.2, 0) is 14.4 Å². The summed E-state index contributed by atoms with van der Waals surface area (Å²) in [7, 11) is 2.95. The molecule has 9 nitrogen and oxygen atoms in total. The fourth-order valence-corrected chi connectivity index (χ4v) is 3.65. The van der Waals surface area contributed by atoms with Crippen LogP contribution in [0.25, 0.3) is 0 Å². The third-order valence-corrected chi connectivity index (χ3v) is 5.16. The van der Waals surface area contributed by atoms with Crippen molar-refractivity contribution in [3.8, 4) is 11.5 Å². The first-order valence-corrected chi connectivity index (χ1v) is 10.2. The van der Waals surface area contributed by atoms with Crippen molar-refractivity contribution in [2.75, 3.05) is 31.0 Å². The summed E-state index contributed by atoms with van der Waals surface area (Å²) in [6, 6.07) is 10.0. The standard InChI is InChI=1S/C24H25N3O6/c1-5-12-26(23(30)16-6-11-20(32-3)21(13-16)33-4)19-14-22(29)27(24(19)31)18-9-7-17(8-10-18)25-15(2)28/h5-11,13,19H,1,12,14H2,2-4H3,(H,25,28). The number of carbonyl (C=O) groups is 4. The monoisotopic (exact) mass is 451 g/mol. The van der Waals surface area contributed by atoms with Gasteiger partial charge in [-0.3, -0.25) is 19.2 Å². The molecule has 9 heteroatoms. The average Bonchev–Trinajstić information content (AvgIpc) is 3.10. The molecule has 3 rings (SSSR count). The largest absolute Gasteiger partial charge is 0.493 e. The lowest BCUT2D eigenvalue weighted by atomic mass is 10.1. The Morgan fingerprint density at radius 3 is 2.36 bits per heavy atom. The van der Waals surface area contributed by atoms with Crippen LogP contribution in [0.3, 0.4) is 0 Å². The Balaban J connectivity index is 1.87. The van der Waals surface area contributed by atoms with Crippen molar-refractivity contribution in [3.05, 3.63) is 60.7 Å². The van der Waals surface area contributed by atoms with Crippen molar-refractivity contribution in [1.82, 2.24) is 4.90 Å². The maximum Gasteiger partial charge on any atom is 0.257 e. The predicted molar refractivity (Wildman–Crippen MR) is 122 cm³/mol. The Morgan fingerprint density at radius 2 is 1.79 bits per heavy atom. The minimum atomic E-state index is -0.980. The number of benzene rings is 2. The van der Waals surface area contributed by atoms with Gasteiger partial charge < -0.3 is 19.7 Å². The molecule has 1 fully saturated rings. The summed E-state index contributed by atoms with van der Waals surface area (Å²) >= 11 is 0. The third-order valence-electron chi connectivity index (χ3n) is 5.16. The number of imide groups is 1. The van der Waals surface area contributed by atoms with Gasteiger partial charge in [0.25, 0.3) is 11.8 Å². The Kier molecular flexibility index (Phi) is 7.12. The van der Waals surface area contributed by atoms with Crippen molar-refractivity contribution in [2.24, 2.45) is 0 Å². The van der Waals surface area contributed by atoms with Gasteiger partial charge in [-0.1, -0.05) is 6.08 Å². The first-order valence-electron chi connectivity index (χ1n) is 10.2. The molecule has 0 aliphatic carbocycles. The normalized spacial score (nSPS) is 15.2. The Morgan fingerprint density at radius 1 is 1.12 bits per heavy atom. The van der Waals surface area contributed by atoms with E-state index >= 15 is 0 Å². The quantitative estimate of drug-likeness (QED) is 0.489. The summed E-state index contributed by atoms with van der Waals surface area (Å²) in [5.74, 6) is -0.772. The first kappa shape index (κ1) is 23.5. The number of amides is 4. The van der Waals surface area contributed by atoms with E-state index in [0.717, 1.165) is 4.90 Å². The van der Waals surface area contributed by atoms with E-state index in [1.165, 1.54) is 38.2 Å². The predicted octanol–water partition coefficient (Wildman–Crippen LogP) is 2.62. The molecule has 1 aliphatic rings. The van der Waals surface area contributed by atoms with Crippen molar-refractivity contribution in [2.45, 2.75) is 19.4 Å². The summed E-state index contributed by atoms with van der Waals surface area (Å²) in [6.45, 7) is 5.14. The van der Waals surface area contributed by atoms with Gasteiger partial charge in [-0.25, -0.2) is 4.90 Å². The van der Waals surface area contributed by atoms with Crippen LogP contribution < -0.4 is 19.7 Å². The molecule has 0 aromatic heterocycles. The van der Waals surface area contributed by atoms with Gasteiger partial charge in [0, 0.05) is 24.7 Å². The van der Waals surface area contributed by atoms with E-state index in [0.29, 0.717) is 22.9 Å². The van der Waals surface area contributed by atoms with Crippen LogP contribution in [0.2, 0.25) is 0 Å². The van der Waals surface area contributed by atoms with Crippen molar-refractivity contribution in [3.63, 3.8) is 0 Å². The number of hydrogen-bond acceptors (Lipinski definition) is 6. The first-order chi connectivity index (χ1) is 15.8. The second-order valence-corrected chi connectivity index (χ2v) is 7.33. The molecule has 172 valence electrons. The number of nitrogens with zero attached hydrogens (tertiary/aromatic N) is 2. The molecule has 1 N–H and O–H groups in total. The van der Waals surface area contributed by atoms with Crippen molar-refractivity contribution < 1.29 is 28.7 Å². The molecule has 4 amide bonds. The number of nitrogens with one attached hydrogen (secondary N) is 1. The zero-order valence-corrected chi connectivity index (χ0v) is 18.7. The van der Waals surface area contributed by atoms with Crippen LogP contribution in [0.5, 0.6) is 11.5 Å². The van der Waals surface area contributed by atoms with Crippen molar-refractivity contribution >= 4 is 35.0 Å². The highest BCUT2D eigenvalue weighted by atomic mass is 16.5. The second kappa shape index (κ2) is 9.99. The number of methoxy groups -OCH3 is 2. The smallest absolute Gasteiger partial charge is 0.257 e. The molecular weight excluding hydrogens is 426 g/mol. The van der Waals surface area contributed by atoms with Crippen LogP contribution in [0.4, 0.5) is 11.4 Å². The molecule has 33 heavy (non-hydrogen) atoms. The van der Waals surface area contributed by atoms with E-state index in [9.17, 15) is 19.2 Å². The minimum absolute atomic E-state index is 0.0756. The molecule has 2 aromatic carbocycles. The van der Waals surface area contributed by atoms with E-state index in [4.69, 9.17) is 9.47 Å². The number of hydrogen-bond donors (Lipinski definition) is 1. The average molecular weight is 451 g/mol. The second-order valence-electron chi connectivity index (χ2n) is 7.33. The van der Waals surface area contributed by atoms with E-state index in [1.54, 1.807) is 36.4 Å². The highest BCUT2D eigenvalue weighted by Crippen LogP contribution is 2.30. The topological polar surface area (TPSA) is 105 Å². The van der Waals surface area contributed by atoms with Gasteiger partial charge in [0.1, 0.15) is 6.04 Å². The van der Waals surface area contributed by atoms with Crippen LogP contribution in [0.15, 0.2) is 55.1 Å². The summed E-state index contributed by atoms with van der Waals surface area (Å²) in [5.41, 5.74) is 1.19.